The second-order valence-electron chi connectivity index (χ2n) is 4.63. The van der Waals surface area contributed by atoms with Crippen LogP contribution in [0.2, 0.25) is 0 Å². The Morgan fingerprint density at radius 1 is 1.30 bits per heavy atom. The van der Waals surface area contributed by atoms with Crippen LogP contribution in [-0.2, 0) is 0 Å². The SMILES string of the molecule is Cc1cc(Nc2ccc(NC(=O)NC(C)C)nc2)no1. The Hall–Kier alpha value is -2.57. The summed E-state index contributed by atoms with van der Waals surface area (Å²) in [5, 5.41) is 12.2. The Balaban J connectivity index is 1.94. The largest absolute Gasteiger partial charge is 0.360 e. The van der Waals surface area contributed by atoms with Gasteiger partial charge in [0.25, 0.3) is 0 Å². The van der Waals surface area contributed by atoms with Crippen molar-refractivity contribution < 1.29 is 9.32 Å². The summed E-state index contributed by atoms with van der Waals surface area (Å²) in [7, 11) is 0. The molecule has 0 aromatic carbocycles. The molecule has 0 saturated heterocycles. The highest BCUT2D eigenvalue weighted by molar-refractivity contribution is 5.88. The van der Waals surface area contributed by atoms with E-state index in [0.29, 0.717) is 11.6 Å². The summed E-state index contributed by atoms with van der Waals surface area (Å²) in [6.07, 6.45) is 1.61. The molecule has 0 aliphatic rings. The number of aryl methyl sites for hydroxylation is 1. The fraction of sp³-hybridized carbons (Fsp3) is 0.308. The van der Waals surface area contributed by atoms with Crippen molar-refractivity contribution in [1.82, 2.24) is 15.5 Å². The summed E-state index contributed by atoms with van der Waals surface area (Å²) in [5.41, 5.74) is 0.758. The quantitative estimate of drug-likeness (QED) is 0.797. The lowest BCUT2D eigenvalue weighted by Crippen LogP contribution is -2.34. The molecule has 2 heterocycles. The summed E-state index contributed by atoms with van der Waals surface area (Å²) in [6.45, 7) is 5.59. The van der Waals surface area contributed by atoms with Crippen LogP contribution in [0.15, 0.2) is 28.9 Å². The normalized spacial score (nSPS) is 10.4. The van der Waals surface area contributed by atoms with E-state index < -0.39 is 0 Å². The third kappa shape index (κ3) is 3.98. The van der Waals surface area contributed by atoms with Gasteiger partial charge < -0.3 is 15.2 Å². The first-order valence-corrected chi connectivity index (χ1v) is 6.27. The number of nitrogens with one attached hydrogen (secondary N) is 3. The van der Waals surface area contributed by atoms with Gasteiger partial charge in [-0.05, 0) is 32.9 Å². The van der Waals surface area contributed by atoms with Gasteiger partial charge in [-0.25, -0.2) is 9.78 Å². The van der Waals surface area contributed by atoms with Gasteiger partial charge in [-0.3, -0.25) is 5.32 Å². The predicted molar refractivity (Wildman–Crippen MR) is 76.1 cm³/mol. The third-order valence-corrected chi connectivity index (χ3v) is 2.33. The number of pyridine rings is 1. The highest BCUT2D eigenvalue weighted by Crippen LogP contribution is 2.16. The number of carbonyl (C=O) groups excluding carboxylic acids is 1. The van der Waals surface area contributed by atoms with Gasteiger partial charge in [0.2, 0.25) is 0 Å². The zero-order valence-electron chi connectivity index (χ0n) is 11.6. The van der Waals surface area contributed by atoms with Gasteiger partial charge in [0.05, 0.1) is 11.9 Å². The monoisotopic (exact) mass is 275 g/mol. The zero-order valence-corrected chi connectivity index (χ0v) is 11.6. The molecule has 0 spiro atoms. The van der Waals surface area contributed by atoms with Gasteiger partial charge >= 0.3 is 6.03 Å². The van der Waals surface area contributed by atoms with Crippen LogP contribution in [0.4, 0.5) is 22.1 Å². The summed E-state index contributed by atoms with van der Waals surface area (Å²) >= 11 is 0. The summed E-state index contributed by atoms with van der Waals surface area (Å²) in [4.78, 5) is 15.6. The van der Waals surface area contributed by atoms with E-state index in [2.05, 4.69) is 26.1 Å². The highest BCUT2D eigenvalue weighted by atomic mass is 16.5. The molecule has 2 aromatic heterocycles. The van der Waals surface area contributed by atoms with Crippen molar-refractivity contribution in [1.29, 1.82) is 0 Å². The van der Waals surface area contributed by atoms with Gasteiger partial charge in [-0.2, -0.15) is 0 Å². The molecule has 106 valence electrons. The van der Waals surface area contributed by atoms with E-state index in [1.807, 2.05) is 20.8 Å². The Labute approximate surface area is 116 Å². The molecule has 7 heteroatoms. The molecule has 0 atom stereocenters. The van der Waals surface area contributed by atoms with Crippen LogP contribution in [0.5, 0.6) is 0 Å². The average molecular weight is 275 g/mol. The smallest absolute Gasteiger partial charge is 0.320 e. The first-order valence-electron chi connectivity index (χ1n) is 6.27. The Morgan fingerprint density at radius 2 is 2.10 bits per heavy atom. The van der Waals surface area contributed by atoms with E-state index >= 15 is 0 Å². The topological polar surface area (TPSA) is 92.1 Å². The van der Waals surface area contributed by atoms with Crippen LogP contribution in [0.1, 0.15) is 19.6 Å². The Kier molecular flexibility index (Phi) is 4.19. The maximum atomic E-state index is 11.5. The summed E-state index contributed by atoms with van der Waals surface area (Å²) in [5.74, 6) is 1.82. The molecule has 0 aliphatic carbocycles. The number of hydrogen-bond acceptors (Lipinski definition) is 5. The van der Waals surface area contributed by atoms with Gasteiger partial charge in [-0.15, -0.1) is 0 Å². The van der Waals surface area contributed by atoms with Crippen molar-refractivity contribution >= 4 is 23.4 Å². The maximum Gasteiger partial charge on any atom is 0.320 e. The summed E-state index contributed by atoms with van der Waals surface area (Å²) in [6, 6.07) is 5.08. The molecule has 0 bridgehead atoms. The lowest BCUT2D eigenvalue weighted by atomic mass is 10.4. The van der Waals surface area contributed by atoms with Gasteiger partial charge in [0.15, 0.2) is 5.82 Å². The fourth-order valence-corrected chi connectivity index (χ4v) is 1.53. The highest BCUT2D eigenvalue weighted by Gasteiger charge is 2.05. The molecular formula is C13H17N5O2. The first kappa shape index (κ1) is 13.9. The molecule has 0 unspecified atom stereocenters. The first-order chi connectivity index (χ1) is 9.52. The minimum Gasteiger partial charge on any atom is -0.360 e. The van der Waals surface area contributed by atoms with Crippen molar-refractivity contribution in [2.75, 3.05) is 10.6 Å². The minimum atomic E-state index is -0.277. The molecule has 0 saturated carbocycles. The number of anilines is 3. The van der Waals surface area contributed by atoms with Gasteiger partial charge in [0, 0.05) is 12.1 Å². The van der Waals surface area contributed by atoms with E-state index in [1.165, 1.54) is 0 Å². The number of nitrogens with zero attached hydrogens (tertiary/aromatic N) is 2. The molecule has 2 aromatic rings. The molecule has 20 heavy (non-hydrogen) atoms. The molecular weight excluding hydrogens is 258 g/mol. The average Bonchev–Trinajstić information content (AvgIpc) is 2.76. The van der Waals surface area contributed by atoms with E-state index in [9.17, 15) is 4.79 Å². The van der Waals surface area contributed by atoms with Crippen molar-refractivity contribution in [3.05, 3.63) is 30.2 Å². The molecule has 2 amide bonds. The van der Waals surface area contributed by atoms with E-state index in [4.69, 9.17) is 4.52 Å². The van der Waals surface area contributed by atoms with Crippen LogP contribution in [0.25, 0.3) is 0 Å². The standard InChI is InChI=1S/C13H17N5O2/c1-8(2)15-13(19)17-11-5-4-10(7-14-11)16-12-6-9(3)20-18-12/h4-8H,1-3H3,(H,16,18)(H2,14,15,17,19). The molecule has 0 aliphatic heterocycles. The van der Waals surface area contributed by atoms with E-state index in [0.717, 1.165) is 11.4 Å². The zero-order chi connectivity index (χ0) is 14.5. The molecule has 2 rings (SSSR count). The van der Waals surface area contributed by atoms with Crippen LogP contribution in [-0.4, -0.2) is 22.2 Å². The lowest BCUT2D eigenvalue weighted by Gasteiger charge is -2.09. The number of hydrogen-bond donors (Lipinski definition) is 3. The molecule has 0 radical (unpaired) electrons. The molecule has 7 nitrogen and oxygen atoms in total. The number of urea groups is 1. The van der Waals surface area contributed by atoms with Gasteiger partial charge in [-0.1, -0.05) is 5.16 Å². The fourth-order valence-electron chi connectivity index (χ4n) is 1.53. The molecule has 3 N–H and O–H groups in total. The van der Waals surface area contributed by atoms with E-state index in [-0.39, 0.29) is 12.1 Å². The van der Waals surface area contributed by atoms with Gasteiger partial charge in [0.1, 0.15) is 11.6 Å². The second-order valence-corrected chi connectivity index (χ2v) is 4.63. The van der Waals surface area contributed by atoms with Crippen LogP contribution >= 0.6 is 0 Å². The van der Waals surface area contributed by atoms with Crippen molar-refractivity contribution in [3.63, 3.8) is 0 Å². The van der Waals surface area contributed by atoms with Crippen LogP contribution < -0.4 is 16.0 Å². The number of rotatable bonds is 4. The number of carbonyl (C=O) groups is 1. The van der Waals surface area contributed by atoms with Crippen LogP contribution in [0, 0.1) is 6.92 Å². The second kappa shape index (κ2) is 6.05. The number of aromatic nitrogens is 2. The van der Waals surface area contributed by atoms with Crippen LogP contribution in [0.3, 0.4) is 0 Å². The van der Waals surface area contributed by atoms with Crippen molar-refractivity contribution in [3.8, 4) is 0 Å². The summed E-state index contributed by atoms with van der Waals surface area (Å²) < 4.78 is 4.95. The Bertz CT molecular complexity index is 577. The maximum absolute atomic E-state index is 11.5. The van der Waals surface area contributed by atoms with E-state index in [1.54, 1.807) is 24.4 Å². The minimum absolute atomic E-state index is 0.0753. The van der Waals surface area contributed by atoms with Crippen molar-refractivity contribution in [2.24, 2.45) is 0 Å². The van der Waals surface area contributed by atoms with Crippen molar-refractivity contribution in [2.45, 2.75) is 26.8 Å². The number of amides is 2. The Morgan fingerprint density at radius 3 is 2.65 bits per heavy atom. The lowest BCUT2D eigenvalue weighted by molar-refractivity contribution is 0.250. The third-order valence-electron chi connectivity index (χ3n) is 2.33. The molecule has 0 fully saturated rings. The predicted octanol–water partition coefficient (Wildman–Crippen LogP) is 2.65.